The Morgan fingerprint density at radius 1 is 0.652 bits per heavy atom. The van der Waals surface area contributed by atoms with Crippen LogP contribution in [0.4, 0.5) is 0 Å². The van der Waals surface area contributed by atoms with Crippen molar-refractivity contribution in [1.82, 2.24) is 0 Å². The summed E-state index contributed by atoms with van der Waals surface area (Å²) in [5, 5.41) is 3.27. The van der Waals surface area contributed by atoms with Gasteiger partial charge in [-0.05, 0) is 0 Å². The van der Waals surface area contributed by atoms with E-state index < -0.39 is 28.9 Å². The second-order valence-corrected chi connectivity index (χ2v) is 11.8. The predicted octanol–water partition coefficient (Wildman–Crippen LogP) is -0.643. The fourth-order valence-electron chi connectivity index (χ4n) is 3.00. The molecule has 0 unspecified atom stereocenters. The first kappa shape index (κ1) is 16.6. The van der Waals surface area contributed by atoms with Crippen LogP contribution >= 0.6 is 6.83 Å². The number of hydrogen-bond acceptors (Lipinski definition) is 2. The van der Waals surface area contributed by atoms with Gasteiger partial charge in [-0.2, -0.15) is 0 Å². The van der Waals surface area contributed by atoms with Crippen LogP contribution in [0.15, 0.2) is 91.0 Å². The standard InChI is InChI=1S/C19H18IO2P/c1-23(22-20-21,17-11-5-2-6-12-17,18-13-7-3-8-14-18)19-15-9-4-10-16-19/h2-16H,1H3. The Hall–Kier alpha value is -1.26. The maximum absolute atomic E-state index is 11.8. The van der Waals surface area contributed by atoms with Gasteiger partial charge >= 0.3 is 149 Å². The molecular weight excluding hydrogens is 418 g/mol. The summed E-state index contributed by atoms with van der Waals surface area (Å²) in [5.41, 5.74) is 0. The Morgan fingerprint density at radius 2 is 0.957 bits per heavy atom. The summed E-state index contributed by atoms with van der Waals surface area (Å²) in [7, 11) is 0. The van der Waals surface area contributed by atoms with E-state index in [9.17, 15) is 3.44 Å². The molecule has 3 rings (SSSR count). The Balaban J connectivity index is 2.41. The van der Waals surface area contributed by atoms with E-state index >= 15 is 0 Å². The molecule has 118 valence electrons. The first-order chi connectivity index (χ1) is 11.2. The fourth-order valence-corrected chi connectivity index (χ4v) is 10.2. The van der Waals surface area contributed by atoms with Crippen LogP contribution in [0.1, 0.15) is 0 Å². The fraction of sp³-hybridized carbons (Fsp3) is 0.0526. The molecule has 0 atom stereocenters. The van der Waals surface area contributed by atoms with E-state index in [0.717, 1.165) is 15.9 Å². The van der Waals surface area contributed by atoms with E-state index in [1.807, 2.05) is 54.6 Å². The Labute approximate surface area is 148 Å². The SMILES string of the molecule is CP(O[I+][O-])(c1ccccc1)(c1ccccc1)c1ccccc1. The zero-order valence-corrected chi connectivity index (χ0v) is 15.9. The van der Waals surface area contributed by atoms with Gasteiger partial charge in [0.15, 0.2) is 0 Å². The average molecular weight is 436 g/mol. The molecule has 2 nitrogen and oxygen atoms in total. The van der Waals surface area contributed by atoms with Gasteiger partial charge in [-0.25, -0.2) is 0 Å². The van der Waals surface area contributed by atoms with Gasteiger partial charge < -0.3 is 0 Å². The van der Waals surface area contributed by atoms with Crippen LogP contribution in [0.2, 0.25) is 0 Å². The van der Waals surface area contributed by atoms with Crippen molar-refractivity contribution in [3.05, 3.63) is 91.0 Å². The number of rotatable bonds is 5. The van der Waals surface area contributed by atoms with Gasteiger partial charge in [0.2, 0.25) is 0 Å². The monoisotopic (exact) mass is 436 g/mol. The summed E-state index contributed by atoms with van der Waals surface area (Å²) >= 11 is -1.60. The van der Waals surface area contributed by atoms with Crippen LogP contribution < -0.4 is 41.4 Å². The molecule has 0 N–H and O–H groups in total. The second-order valence-electron chi connectivity index (χ2n) is 5.60. The van der Waals surface area contributed by atoms with Gasteiger partial charge in [-0.15, -0.1) is 0 Å². The quantitative estimate of drug-likeness (QED) is 0.394. The molecule has 4 heteroatoms. The van der Waals surface area contributed by atoms with Gasteiger partial charge in [-0.3, -0.25) is 0 Å². The van der Waals surface area contributed by atoms with Gasteiger partial charge in [0.05, 0.1) is 0 Å². The molecule has 0 aliphatic carbocycles. The van der Waals surface area contributed by atoms with Gasteiger partial charge in [-0.1, -0.05) is 0 Å². The third-order valence-electron chi connectivity index (χ3n) is 4.33. The minimum absolute atomic E-state index is 1.09. The summed E-state index contributed by atoms with van der Waals surface area (Å²) in [4.78, 5) is 0. The van der Waals surface area contributed by atoms with E-state index in [-0.39, 0.29) is 0 Å². The molecule has 0 bridgehead atoms. The molecule has 0 spiro atoms. The molecule has 0 amide bonds. The summed E-state index contributed by atoms with van der Waals surface area (Å²) in [6.07, 6.45) is 0. The van der Waals surface area contributed by atoms with Crippen molar-refractivity contribution in [3.63, 3.8) is 0 Å². The third kappa shape index (κ3) is 2.72. The summed E-state index contributed by atoms with van der Waals surface area (Å²) < 4.78 is 18.1. The number of benzene rings is 3. The van der Waals surface area contributed by atoms with Crippen molar-refractivity contribution in [2.24, 2.45) is 0 Å². The Bertz CT molecular complexity index is 664. The third-order valence-corrected chi connectivity index (χ3v) is 12.8. The van der Waals surface area contributed by atoms with E-state index in [4.69, 9.17) is 2.85 Å². The van der Waals surface area contributed by atoms with Gasteiger partial charge in [0, 0.05) is 0 Å². The molecule has 3 aromatic rings. The van der Waals surface area contributed by atoms with E-state index in [1.54, 1.807) is 0 Å². The van der Waals surface area contributed by atoms with Crippen molar-refractivity contribution in [1.29, 1.82) is 0 Å². The zero-order valence-electron chi connectivity index (χ0n) is 12.8. The minimum atomic E-state index is -3.19. The van der Waals surface area contributed by atoms with Crippen LogP contribution in [0.3, 0.4) is 0 Å². The predicted molar refractivity (Wildman–Crippen MR) is 92.2 cm³/mol. The normalized spacial score (nSPS) is 13.2. The number of halogens is 1. The first-order valence-electron chi connectivity index (χ1n) is 7.34. The Morgan fingerprint density at radius 3 is 1.22 bits per heavy atom. The van der Waals surface area contributed by atoms with Crippen molar-refractivity contribution in [3.8, 4) is 0 Å². The molecule has 0 fully saturated rings. The summed E-state index contributed by atoms with van der Waals surface area (Å²) in [6.45, 7) is -1.05. The molecule has 23 heavy (non-hydrogen) atoms. The summed E-state index contributed by atoms with van der Waals surface area (Å²) in [6, 6.07) is 30.5. The molecule has 0 saturated heterocycles. The molecule has 0 heterocycles. The van der Waals surface area contributed by atoms with Gasteiger partial charge in [0.25, 0.3) is 0 Å². The van der Waals surface area contributed by atoms with Crippen LogP contribution in [0.25, 0.3) is 0 Å². The second kappa shape index (κ2) is 6.70. The van der Waals surface area contributed by atoms with E-state index in [1.165, 1.54) is 0 Å². The summed E-state index contributed by atoms with van der Waals surface area (Å²) in [5.74, 6) is 0. The zero-order chi connectivity index (χ0) is 16.2. The maximum atomic E-state index is 11.8. The van der Waals surface area contributed by atoms with Crippen LogP contribution in [-0.2, 0) is 2.85 Å². The van der Waals surface area contributed by atoms with Crippen molar-refractivity contribution in [2.75, 3.05) is 6.66 Å². The molecule has 0 saturated carbocycles. The van der Waals surface area contributed by atoms with Crippen LogP contribution in [-0.4, -0.2) is 6.66 Å². The molecular formula is C19H18IO2P. The van der Waals surface area contributed by atoms with Crippen LogP contribution in [0, 0.1) is 0 Å². The molecule has 0 radical (unpaired) electrons. The van der Waals surface area contributed by atoms with E-state index in [0.29, 0.717) is 0 Å². The first-order valence-corrected chi connectivity index (χ1v) is 11.7. The molecule has 3 aromatic carbocycles. The molecule has 0 aromatic heterocycles. The topological polar surface area (TPSA) is 32.3 Å². The molecule has 0 aliphatic rings. The van der Waals surface area contributed by atoms with Crippen molar-refractivity contribution in [2.45, 2.75) is 0 Å². The van der Waals surface area contributed by atoms with Crippen molar-refractivity contribution >= 4 is 22.7 Å². The van der Waals surface area contributed by atoms with Crippen molar-refractivity contribution < 1.29 is 28.3 Å². The number of hydrogen-bond donors (Lipinski definition) is 0. The molecule has 0 aliphatic heterocycles. The van der Waals surface area contributed by atoms with Crippen LogP contribution in [0.5, 0.6) is 0 Å². The van der Waals surface area contributed by atoms with Gasteiger partial charge in [0.1, 0.15) is 0 Å². The van der Waals surface area contributed by atoms with E-state index in [2.05, 4.69) is 43.1 Å². The average Bonchev–Trinajstić information content (AvgIpc) is 2.64. The Kier molecular flexibility index (Phi) is 4.83.